The van der Waals surface area contributed by atoms with Gasteiger partial charge < -0.3 is 15.0 Å². The number of H-pyrrole nitrogens is 1. The van der Waals surface area contributed by atoms with Crippen LogP contribution in [0.3, 0.4) is 0 Å². The van der Waals surface area contributed by atoms with Crippen molar-refractivity contribution in [3.63, 3.8) is 0 Å². The number of anilines is 1. The molecule has 0 aliphatic heterocycles. The fourth-order valence-electron chi connectivity index (χ4n) is 2.06. The Hall–Kier alpha value is -2.30. The van der Waals surface area contributed by atoms with Crippen LogP contribution in [0.1, 0.15) is 12.8 Å². The molecule has 0 radical (unpaired) electrons. The normalized spacial score (nSPS) is 14.1. The Morgan fingerprint density at radius 3 is 3.00 bits per heavy atom. The van der Waals surface area contributed by atoms with Gasteiger partial charge in [0.2, 0.25) is 5.88 Å². The number of methoxy groups -OCH3 is 1. The van der Waals surface area contributed by atoms with E-state index >= 15 is 0 Å². The van der Waals surface area contributed by atoms with Crippen LogP contribution in [-0.4, -0.2) is 23.6 Å². The van der Waals surface area contributed by atoms with E-state index in [9.17, 15) is 4.79 Å². The maximum Gasteiger partial charge on any atom is 0.271 e. The summed E-state index contributed by atoms with van der Waals surface area (Å²) in [7, 11) is 1.58. The first-order valence-electron chi connectivity index (χ1n) is 6.73. The van der Waals surface area contributed by atoms with E-state index in [1.807, 2.05) is 18.2 Å². The van der Waals surface area contributed by atoms with E-state index in [1.54, 1.807) is 19.5 Å². The monoisotopic (exact) mass is 271 g/mol. The molecule has 2 aromatic rings. The maximum absolute atomic E-state index is 11.8. The molecule has 0 unspecified atom stereocenters. The molecule has 0 bridgehead atoms. The van der Waals surface area contributed by atoms with Crippen molar-refractivity contribution in [1.29, 1.82) is 0 Å². The highest BCUT2D eigenvalue weighted by Crippen LogP contribution is 2.29. The Labute approximate surface area is 117 Å². The highest BCUT2D eigenvalue weighted by Gasteiger charge is 2.21. The van der Waals surface area contributed by atoms with Crippen molar-refractivity contribution in [2.45, 2.75) is 12.8 Å². The number of nitrogens with one attached hydrogen (secondary N) is 2. The van der Waals surface area contributed by atoms with Gasteiger partial charge in [0.15, 0.2) is 0 Å². The molecule has 104 valence electrons. The molecule has 1 fully saturated rings. The number of hydrogen-bond donors (Lipinski definition) is 2. The van der Waals surface area contributed by atoms with Gasteiger partial charge in [0.05, 0.1) is 7.11 Å². The SMILES string of the molecule is COc1cc(-c2c[nH]c(=O)c(NCC3CC3)c2)ccn1. The molecule has 1 aliphatic carbocycles. The number of hydrogen-bond acceptors (Lipinski definition) is 4. The Morgan fingerprint density at radius 1 is 1.40 bits per heavy atom. The van der Waals surface area contributed by atoms with Crippen LogP contribution in [0.5, 0.6) is 5.88 Å². The van der Waals surface area contributed by atoms with Gasteiger partial charge in [-0.05, 0) is 36.5 Å². The fraction of sp³-hybridized carbons (Fsp3) is 0.333. The molecular weight excluding hydrogens is 254 g/mol. The van der Waals surface area contributed by atoms with Gasteiger partial charge in [-0.15, -0.1) is 0 Å². The lowest BCUT2D eigenvalue weighted by Gasteiger charge is -2.08. The van der Waals surface area contributed by atoms with Crippen molar-refractivity contribution in [3.05, 3.63) is 40.9 Å². The van der Waals surface area contributed by atoms with Gasteiger partial charge >= 0.3 is 0 Å². The third-order valence-electron chi connectivity index (χ3n) is 3.46. The van der Waals surface area contributed by atoms with E-state index in [0.717, 1.165) is 23.6 Å². The zero-order valence-corrected chi connectivity index (χ0v) is 11.3. The maximum atomic E-state index is 11.8. The second kappa shape index (κ2) is 5.36. The average Bonchev–Trinajstić information content (AvgIpc) is 3.31. The summed E-state index contributed by atoms with van der Waals surface area (Å²) in [5, 5.41) is 3.22. The molecule has 2 aromatic heterocycles. The fourth-order valence-corrected chi connectivity index (χ4v) is 2.06. The van der Waals surface area contributed by atoms with Crippen LogP contribution in [0, 0.1) is 5.92 Å². The second-order valence-corrected chi connectivity index (χ2v) is 5.04. The molecule has 0 atom stereocenters. The first-order valence-corrected chi connectivity index (χ1v) is 6.73. The van der Waals surface area contributed by atoms with Crippen molar-refractivity contribution in [1.82, 2.24) is 9.97 Å². The van der Waals surface area contributed by atoms with Gasteiger partial charge in [-0.3, -0.25) is 4.79 Å². The summed E-state index contributed by atoms with van der Waals surface area (Å²) in [6.07, 6.45) is 5.91. The lowest BCUT2D eigenvalue weighted by Crippen LogP contribution is -2.15. The smallest absolute Gasteiger partial charge is 0.271 e. The Bertz CT molecular complexity index is 662. The van der Waals surface area contributed by atoms with E-state index in [0.29, 0.717) is 11.6 Å². The number of rotatable bonds is 5. The molecule has 5 heteroatoms. The van der Waals surface area contributed by atoms with E-state index in [-0.39, 0.29) is 5.56 Å². The predicted octanol–water partition coefficient (Wildman–Crippen LogP) is 2.27. The Kier molecular flexibility index (Phi) is 3.41. The van der Waals surface area contributed by atoms with Crippen LogP contribution in [0.25, 0.3) is 11.1 Å². The van der Waals surface area contributed by atoms with E-state index in [1.165, 1.54) is 12.8 Å². The lowest BCUT2D eigenvalue weighted by molar-refractivity contribution is 0.398. The zero-order chi connectivity index (χ0) is 13.9. The van der Waals surface area contributed by atoms with E-state index in [2.05, 4.69) is 15.3 Å². The minimum Gasteiger partial charge on any atom is -0.481 e. The van der Waals surface area contributed by atoms with Crippen LogP contribution in [0.15, 0.2) is 35.4 Å². The molecule has 1 saturated carbocycles. The molecule has 20 heavy (non-hydrogen) atoms. The molecule has 5 nitrogen and oxygen atoms in total. The van der Waals surface area contributed by atoms with Crippen molar-refractivity contribution in [3.8, 4) is 17.0 Å². The third kappa shape index (κ3) is 2.82. The van der Waals surface area contributed by atoms with E-state index in [4.69, 9.17) is 4.74 Å². The van der Waals surface area contributed by atoms with Crippen LogP contribution in [0.4, 0.5) is 5.69 Å². The van der Waals surface area contributed by atoms with Gasteiger partial charge in [0.1, 0.15) is 5.69 Å². The van der Waals surface area contributed by atoms with Crippen LogP contribution in [-0.2, 0) is 0 Å². The summed E-state index contributed by atoms with van der Waals surface area (Å²) >= 11 is 0. The zero-order valence-electron chi connectivity index (χ0n) is 11.3. The van der Waals surface area contributed by atoms with Gasteiger partial charge in [-0.25, -0.2) is 4.98 Å². The number of ether oxygens (including phenoxy) is 1. The van der Waals surface area contributed by atoms with Gasteiger partial charge in [-0.2, -0.15) is 0 Å². The van der Waals surface area contributed by atoms with Gasteiger partial charge in [0.25, 0.3) is 5.56 Å². The van der Waals surface area contributed by atoms with Crippen molar-refractivity contribution < 1.29 is 4.74 Å². The largest absolute Gasteiger partial charge is 0.481 e. The molecule has 2 N–H and O–H groups in total. The average molecular weight is 271 g/mol. The van der Waals surface area contributed by atoms with Crippen molar-refractivity contribution in [2.75, 3.05) is 19.0 Å². The number of pyridine rings is 2. The molecule has 0 aromatic carbocycles. The summed E-state index contributed by atoms with van der Waals surface area (Å²) in [5.74, 6) is 1.28. The predicted molar refractivity (Wildman–Crippen MR) is 78.1 cm³/mol. The first-order chi connectivity index (χ1) is 9.76. The summed E-state index contributed by atoms with van der Waals surface area (Å²) in [4.78, 5) is 18.7. The van der Waals surface area contributed by atoms with Crippen molar-refractivity contribution in [2.24, 2.45) is 5.92 Å². The van der Waals surface area contributed by atoms with Crippen LogP contribution < -0.4 is 15.6 Å². The standard InChI is InChI=1S/C15H17N3O2/c1-20-14-7-11(4-5-16-14)12-6-13(15(19)18-9-12)17-8-10-2-3-10/h4-7,9-10,17H,2-3,8H2,1H3,(H,18,19). The summed E-state index contributed by atoms with van der Waals surface area (Å²) in [6.45, 7) is 0.867. The molecule has 0 spiro atoms. The highest BCUT2D eigenvalue weighted by molar-refractivity contribution is 5.67. The summed E-state index contributed by atoms with van der Waals surface area (Å²) in [5.41, 5.74) is 2.42. The quantitative estimate of drug-likeness (QED) is 0.875. The summed E-state index contributed by atoms with van der Waals surface area (Å²) in [6, 6.07) is 5.61. The van der Waals surface area contributed by atoms with E-state index < -0.39 is 0 Å². The second-order valence-electron chi connectivity index (χ2n) is 5.04. The van der Waals surface area contributed by atoms with Crippen LogP contribution in [0.2, 0.25) is 0 Å². The molecule has 1 aliphatic rings. The van der Waals surface area contributed by atoms with Crippen molar-refractivity contribution >= 4 is 5.69 Å². The minimum absolute atomic E-state index is 0.0876. The summed E-state index contributed by atoms with van der Waals surface area (Å²) < 4.78 is 5.12. The number of aromatic amines is 1. The number of aromatic nitrogens is 2. The Morgan fingerprint density at radius 2 is 2.25 bits per heavy atom. The van der Waals surface area contributed by atoms with Gasteiger partial charge in [0, 0.05) is 30.6 Å². The van der Waals surface area contributed by atoms with Crippen LogP contribution >= 0.6 is 0 Å². The molecular formula is C15H17N3O2. The molecule has 0 amide bonds. The minimum atomic E-state index is -0.0876. The molecule has 2 heterocycles. The Balaban J connectivity index is 1.88. The highest BCUT2D eigenvalue weighted by atomic mass is 16.5. The lowest BCUT2D eigenvalue weighted by atomic mass is 10.1. The molecule has 3 rings (SSSR count). The third-order valence-corrected chi connectivity index (χ3v) is 3.46. The topological polar surface area (TPSA) is 67.0 Å². The molecule has 0 saturated heterocycles. The first kappa shape index (κ1) is 12.7. The number of nitrogens with zero attached hydrogens (tertiary/aromatic N) is 1. The van der Waals surface area contributed by atoms with Gasteiger partial charge in [-0.1, -0.05) is 0 Å².